The smallest absolute Gasteiger partial charge is 0.292 e. The van der Waals surface area contributed by atoms with Gasteiger partial charge in [-0.15, -0.1) is 11.3 Å². The van der Waals surface area contributed by atoms with Crippen molar-refractivity contribution in [3.63, 3.8) is 0 Å². The number of amides is 2. The van der Waals surface area contributed by atoms with Crippen molar-refractivity contribution in [1.82, 2.24) is 0 Å². The Kier molecular flexibility index (Phi) is 4.73. The number of carbonyl (C=O) groups is 2. The number of nitrogens with two attached hydrogens (primary N) is 1. The molecule has 1 aliphatic heterocycles. The lowest BCUT2D eigenvalue weighted by molar-refractivity contribution is -0.674. The van der Waals surface area contributed by atoms with Crippen LogP contribution in [0.4, 0.5) is 5.69 Å². The van der Waals surface area contributed by atoms with Crippen LogP contribution in [0.3, 0.4) is 0 Å². The SMILES string of the molecule is COc1ccc(N2C(=O)C[C@@H]([NH2+]CCc3cccs3)C2=O)cc1. The highest BCUT2D eigenvalue weighted by Crippen LogP contribution is 2.24. The van der Waals surface area contributed by atoms with E-state index in [-0.39, 0.29) is 24.3 Å². The fourth-order valence-electron chi connectivity index (χ4n) is 2.72. The van der Waals surface area contributed by atoms with E-state index < -0.39 is 0 Å². The summed E-state index contributed by atoms with van der Waals surface area (Å²) >= 11 is 1.71. The Balaban J connectivity index is 1.62. The second-order valence-corrected chi connectivity index (χ2v) is 6.46. The van der Waals surface area contributed by atoms with E-state index in [0.717, 1.165) is 13.0 Å². The molecule has 3 rings (SSSR count). The van der Waals surface area contributed by atoms with Gasteiger partial charge in [0.25, 0.3) is 5.91 Å². The molecule has 0 radical (unpaired) electrons. The van der Waals surface area contributed by atoms with Gasteiger partial charge in [-0.05, 0) is 35.7 Å². The highest BCUT2D eigenvalue weighted by atomic mass is 32.1. The molecule has 120 valence electrons. The van der Waals surface area contributed by atoms with Crippen LogP contribution in [-0.4, -0.2) is 31.5 Å². The van der Waals surface area contributed by atoms with Crippen molar-refractivity contribution >= 4 is 28.8 Å². The Morgan fingerprint density at radius 3 is 2.70 bits per heavy atom. The lowest BCUT2D eigenvalue weighted by Crippen LogP contribution is -2.92. The topological polar surface area (TPSA) is 63.2 Å². The van der Waals surface area contributed by atoms with E-state index in [1.807, 2.05) is 16.8 Å². The first-order valence-corrected chi connectivity index (χ1v) is 8.43. The van der Waals surface area contributed by atoms with Gasteiger partial charge in [-0.25, -0.2) is 4.90 Å². The first-order valence-electron chi connectivity index (χ1n) is 7.55. The first kappa shape index (κ1) is 15.7. The third-order valence-electron chi connectivity index (χ3n) is 3.93. The van der Waals surface area contributed by atoms with Crippen LogP contribution in [0.5, 0.6) is 5.75 Å². The van der Waals surface area contributed by atoms with Crippen molar-refractivity contribution in [3.8, 4) is 5.75 Å². The van der Waals surface area contributed by atoms with Gasteiger partial charge in [0.05, 0.1) is 25.8 Å². The van der Waals surface area contributed by atoms with Crippen molar-refractivity contribution in [2.75, 3.05) is 18.6 Å². The minimum atomic E-state index is -0.315. The van der Waals surface area contributed by atoms with Gasteiger partial charge in [0, 0.05) is 11.3 Å². The molecule has 6 heteroatoms. The van der Waals surface area contributed by atoms with E-state index in [1.54, 1.807) is 42.7 Å². The molecule has 5 nitrogen and oxygen atoms in total. The van der Waals surface area contributed by atoms with Crippen LogP contribution in [-0.2, 0) is 16.0 Å². The average molecular weight is 331 g/mol. The molecule has 0 bridgehead atoms. The number of hydrogen-bond acceptors (Lipinski definition) is 4. The molecule has 2 aromatic rings. The maximum atomic E-state index is 12.5. The summed E-state index contributed by atoms with van der Waals surface area (Å²) in [6, 6.07) is 10.8. The Morgan fingerprint density at radius 1 is 1.26 bits per heavy atom. The highest BCUT2D eigenvalue weighted by molar-refractivity contribution is 7.09. The summed E-state index contributed by atoms with van der Waals surface area (Å²) in [5.74, 6) is 0.427. The van der Waals surface area contributed by atoms with Crippen LogP contribution < -0.4 is 15.0 Å². The molecule has 1 atom stereocenters. The molecule has 0 aliphatic carbocycles. The summed E-state index contributed by atoms with van der Waals surface area (Å²) in [7, 11) is 1.58. The minimum absolute atomic E-state index is 0.133. The number of hydrogen-bond donors (Lipinski definition) is 1. The summed E-state index contributed by atoms with van der Waals surface area (Å²) in [4.78, 5) is 27.3. The number of rotatable bonds is 6. The van der Waals surface area contributed by atoms with E-state index in [2.05, 4.69) is 6.07 Å². The number of ether oxygens (including phenoxy) is 1. The van der Waals surface area contributed by atoms with E-state index in [1.165, 1.54) is 9.78 Å². The molecule has 2 N–H and O–H groups in total. The van der Waals surface area contributed by atoms with Gasteiger partial charge in [0.1, 0.15) is 5.75 Å². The van der Waals surface area contributed by atoms with Crippen LogP contribution >= 0.6 is 11.3 Å². The van der Waals surface area contributed by atoms with Gasteiger partial charge in [-0.1, -0.05) is 6.07 Å². The molecule has 1 saturated heterocycles. The predicted molar refractivity (Wildman–Crippen MR) is 88.7 cm³/mol. The number of thiophene rings is 1. The second-order valence-electron chi connectivity index (χ2n) is 5.43. The van der Waals surface area contributed by atoms with Gasteiger partial charge < -0.3 is 10.1 Å². The number of imide groups is 1. The summed E-state index contributed by atoms with van der Waals surface area (Å²) in [5, 5.41) is 4.02. The number of anilines is 1. The molecule has 0 unspecified atom stereocenters. The van der Waals surface area contributed by atoms with Crippen LogP contribution in [0.25, 0.3) is 0 Å². The number of methoxy groups -OCH3 is 1. The molecule has 1 aromatic heterocycles. The van der Waals surface area contributed by atoms with Gasteiger partial charge in [-0.3, -0.25) is 9.59 Å². The van der Waals surface area contributed by atoms with Gasteiger partial charge in [0.15, 0.2) is 6.04 Å². The Labute approximate surface area is 138 Å². The van der Waals surface area contributed by atoms with Crippen molar-refractivity contribution < 1.29 is 19.6 Å². The zero-order chi connectivity index (χ0) is 16.2. The molecule has 0 saturated carbocycles. The number of benzene rings is 1. The first-order chi connectivity index (χ1) is 11.2. The lowest BCUT2D eigenvalue weighted by atomic mass is 10.2. The Bertz CT molecular complexity index is 682. The van der Waals surface area contributed by atoms with Crippen LogP contribution in [0.1, 0.15) is 11.3 Å². The molecule has 0 spiro atoms. The quantitative estimate of drug-likeness (QED) is 0.809. The molecule has 2 amide bonds. The summed E-state index contributed by atoms with van der Waals surface area (Å²) in [6.45, 7) is 0.806. The maximum absolute atomic E-state index is 12.5. The van der Waals surface area contributed by atoms with E-state index >= 15 is 0 Å². The fraction of sp³-hybridized carbons (Fsp3) is 0.294. The van der Waals surface area contributed by atoms with Crippen molar-refractivity contribution in [1.29, 1.82) is 0 Å². The maximum Gasteiger partial charge on any atom is 0.292 e. The third-order valence-corrected chi connectivity index (χ3v) is 4.87. The molecule has 23 heavy (non-hydrogen) atoms. The molecule has 1 aliphatic rings. The van der Waals surface area contributed by atoms with Gasteiger partial charge in [-0.2, -0.15) is 0 Å². The van der Waals surface area contributed by atoms with Gasteiger partial charge in [0.2, 0.25) is 5.91 Å². The summed E-state index contributed by atoms with van der Waals surface area (Å²) in [6.07, 6.45) is 1.17. The minimum Gasteiger partial charge on any atom is -0.497 e. The molecular weight excluding hydrogens is 312 g/mol. The van der Waals surface area contributed by atoms with E-state index in [0.29, 0.717) is 11.4 Å². The fourth-order valence-corrected chi connectivity index (χ4v) is 3.45. The van der Waals surface area contributed by atoms with Gasteiger partial charge >= 0.3 is 0 Å². The zero-order valence-corrected chi connectivity index (χ0v) is 13.7. The van der Waals surface area contributed by atoms with Crippen LogP contribution in [0.2, 0.25) is 0 Å². The van der Waals surface area contributed by atoms with Crippen LogP contribution in [0.15, 0.2) is 41.8 Å². The monoisotopic (exact) mass is 331 g/mol. The normalized spacial score (nSPS) is 17.8. The number of carbonyl (C=O) groups excluding carboxylic acids is 2. The average Bonchev–Trinajstić information content (AvgIpc) is 3.17. The third kappa shape index (κ3) is 3.43. The molecule has 2 heterocycles. The largest absolute Gasteiger partial charge is 0.497 e. The molecule has 1 aromatic carbocycles. The number of quaternary nitrogens is 1. The lowest BCUT2D eigenvalue weighted by Gasteiger charge is -2.14. The van der Waals surface area contributed by atoms with Crippen molar-refractivity contribution in [2.45, 2.75) is 18.9 Å². The summed E-state index contributed by atoms with van der Waals surface area (Å²) in [5.41, 5.74) is 0.606. The highest BCUT2D eigenvalue weighted by Gasteiger charge is 2.42. The van der Waals surface area contributed by atoms with Crippen molar-refractivity contribution in [2.24, 2.45) is 0 Å². The van der Waals surface area contributed by atoms with E-state index in [4.69, 9.17) is 4.74 Å². The predicted octanol–water partition coefficient (Wildman–Crippen LogP) is 1.19. The second kappa shape index (κ2) is 6.93. The molecular formula is C17H19N2O3S+. The number of nitrogens with zero attached hydrogens (tertiary/aromatic N) is 1. The van der Waals surface area contributed by atoms with Crippen molar-refractivity contribution in [3.05, 3.63) is 46.7 Å². The Hall–Kier alpha value is -2.18. The standard InChI is InChI=1S/C17H18N2O3S/c1-22-13-6-4-12(5-7-13)19-16(20)11-15(17(19)21)18-9-8-14-3-2-10-23-14/h2-7,10,15,18H,8-9,11H2,1H3/p+1/t15-/m1/s1. The van der Waals surface area contributed by atoms with E-state index in [9.17, 15) is 9.59 Å². The summed E-state index contributed by atoms with van der Waals surface area (Å²) < 4.78 is 5.10. The molecule has 1 fully saturated rings. The Morgan fingerprint density at radius 2 is 2.04 bits per heavy atom. The zero-order valence-electron chi connectivity index (χ0n) is 12.9. The van der Waals surface area contributed by atoms with Crippen LogP contribution in [0, 0.1) is 0 Å².